The zero-order valence-electron chi connectivity index (χ0n) is 12.6. The molecule has 4 nitrogen and oxygen atoms in total. The number of halogens is 1. The molecule has 1 aromatic carbocycles. The first-order chi connectivity index (χ1) is 9.97. The van der Waals surface area contributed by atoms with Gasteiger partial charge in [0.05, 0.1) is 6.42 Å². The molecule has 0 aliphatic carbocycles. The van der Waals surface area contributed by atoms with E-state index in [1.165, 1.54) is 4.90 Å². The predicted molar refractivity (Wildman–Crippen MR) is 87.1 cm³/mol. The topological polar surface area (TPSA) is 49.4 Å². The lowest BCUT2D eigenvalue weighted by molar-refractivity contribution is -0.141. The van der Waals surface area contributed by atoms with E-state index in [9.17, 15) is 9.59 Å². The second kappa shape index (κ2) is 6.60. The average molecular weight is 353 g/mol. The molecule has 1 aliphatic heterocycles. The van der Waals surface area contributed by atoms with E-state index in [-0.39, 0.29) is 24.3 Å². The van der Waals surface area contributed by atoms with Gasteiger partial charge in [0.15, 0.2) is 0 Å². The van der Waals surface area contributed by atoms with Crippen molar-refractivity contribution in [2.45, 2.75) is 52.1 Å². The number of aryl methyl sites for hydroxylation is 1. The Balaban J connectivity index is 2.13. The Bertz CT molecular complexity index is 555. The number of benzene rings is 1. The Kier molecular flexibility index (Phi) is 5.04. The Morgan fingerprint density at radius 2 is 2.00 bits per heavy atom. The minimum absolute atomic E-state index is 0.0153. The summed E-state index contributed by atoms with van der Waals surface area (Å²) in [6.45, 7) is 6.02. The second-order valence-electron chi connectivity index (χ2n) is 5.44. The SMILES string of the molecule is CCC(CC)N1C(=O)CC(Nc2ccc(C)c(Br)c2)C1=O. The van der Waals surface area contributed by atoms with Crippen LogP contribution in [-0.4, -0.2) is 28.8 Å². The number of nitrogens with one attached hydrogen (secondary N) is 1. The Morgan fingerprint density at radius 3 is 2.57 bits per heavy atom. The number of anilines is 1. The number of hydrogen-bond acceptors (Lipinski definition) is 3. The van der Waals surface area contributed by atoms with Crippen molar-refractivity contribution < 1.29 is 9.59 Å². The van der Waals surface area contributed by atoms with Gasteiger partial charge in [-0.25, -0.2) is 0 Å². The van der Waals surface area contributed by atoms with Crippen molar-refractivity contribution in [1.82, 2.24) is 4.90 Å². The quantitative estimate of drug-likeness (QED) is 0.825. The summed E-state index contributed by atoms with van der Waals surface area (Å²) in [6.07, 6.45) is 1.84. The summed E-state index contributed by atoms with van der Waals surface area (Å²) in [5.41, 5.74) is 1.98. The summed E-state index contributed by atoms with van der Waals surface area (Å²) >= 11 is 3.48. The lowest BCUT2D eigenvalue weighted by atomic mass is 10.1. The van der Waals surface area contributed by atoms with Crippen molar-refractivity contribution in [1.29, 1.82) is 0 Å². The summed E-state index contributed by atoms with van der Waals surface area (Å²) in [5, 5.41) is 3.18. The molecule has 1 aliphatic rings. The fourth-order valence-corrected chi connectivity index (χ4v) is 3.06. The van der Waals surface area contributed by atoms with E-state index < -0.39 is 6.04 Å². The van der Waals surface area contributed by atoms with Gasteiger partial charge in [-0.05, 0) is 37.5 Å². The lowest BCUT2D eigenvalue weighted by Gasteiger charge is -2.24. The summed E-state index contributed by atoms with van der Waals surface area (Å²) in [5.74, 6) is -0.178. The summed E-state index contributed by atoms with van der Waals surface area (Å²) < 4.78 is 0.987. The molecule has 0 saturated carbocycles. The molecule has 1 aromatic rings. The molecule has 0 bridgehead atoms. The van der Waals surface area contributed by atoms with E-state index in [0.29, 0.717) is 0 Å². The number of rotatable bonds is 5. The Morgan fingerprint density at radius 1 is 1.33 bits per heavy atom. The Hall–Kier alpha value is -1.36. The molecule has 0 radical (unpaired) electrons. The van der Waals surface area contributed by atoms with Gasteiger partial charge in [-0.15, -0.1) is 0 Å². The average Bonchev–Trinajstić information content (AvgIpc) is 2.72. The monoisotopic (exact) mass is 352 g/mol. The number of likely N-dealkylation sites (tertiary alicyclic amines) is 1. The number of hydrogen-bond donors (Lipinski definition) is 1. The number of imide groups is 1. The van der Waals surface area contributed by atoms with Gasteiger partial charge in [-0.1, -0.05) is 35.8 Å². The van der Waals surface area contributed by atoms with Crippen molar-refractivity contribution in [2.75, 3.05) is 5.32 Å². The minimum atomic E-state index is -0.451. The molecule has 1 heterocycles. The van der Waals surface area contributed by atoms with Gasteiger partial charge < -0.3 is 5.32 Å². The van der Waals surface area contributed by atoms with E-state index in [2.05, 4.69) is 21.2 Å². The third kappa shape index (κ3) is 3.28. The third-order valence-corrected chi connectivity index (χ3v) is 4.86. The van der Waals surface area contributed by atoms with E-state index >= 15 is 0 Å². The van der Waals surface area contributed by atoms with Crippen LogP contribution in [0.3, 0.4) is 0 Å². The smallest absolute Gasteiger partial charge is 0.252 e. The second-order valence-corrected chi connectivity index (χ2v) is 6.29. The third-order valence-electron chi connectivity index (χ3n) is 4.00. The Labute approximate surface area is 134 Å². The van der Waals surface area contributed by atoms with E-state index in [1.54, 1.807) is 0 Å². The van der Waals surface area contributed by atoms with Crippen molar-refractivity contribution in [3.63, 3.8) is 0 Å². The summed E-state index contributed by atoms with van der Waals surface area (Å²) in [6, 6.07) is 5.41. The molecular weight excluding hydrogens is 332 g/mol. The molecule has 0 aromatic heterocycles. The predicted octanol–water partition coefficient (Wildman–Crippen LogP) is 3.49. The molecule has 5 heteroatoms. The van der Waals surface area contributed by atoms with Crippen LogP contribution in [0.1, 0.15) is 38.7 Å². The lowest BCUT2D eigenvalue weighted by Crippen LogP contribution is -2.41. The van der Waals surface area contributed by atoms with Crippen LogP contribution in [0, 0.1) is 6.92 Å². The van der Waals surface area contributed by atoms with Gasteiger partial charge in [0.25, 0.3) is 5.91 Å². The van der Waals surface area contributed by atoms with Crippen LogP contribution in [0.5, 0.6) is 0 Å². The molecular formula is C16H21BrN2O2. The van der Waals surface area contributed by atoms with Crippen LogP contribution in [0.25, 0.3) is 0 Å². The first-order valence-corrected chi connectivity index (χ1v) is 8.15. The van der Waals surface area contributed by atoms with Crippen LogP contribution in [0.15, 0.2) is 22.7 Å². The molecule has 0 spiro atoms. The number of carbonyl (C=O) groups excluding carboxylic acids is 2. The van der Waals surface area contributed by atoms with E-state index in [1.807, 2.05) is 39.0 Å². The number of carbonyl (C=O) groups is 2. The van der Waals surface area contributed by atoms with Gasteiger partial charge in [0.2, 0.25) is 5.91 Å². The van der Waals surface area contributed by atoms with Crippen LogP contribution in [0.4, 0.5) is 5.69 Å². The standard InChI is InChI=1S/C16H21BrN2O2/c1-4-12(5-2)19-15(20)9-14(16(19)21)18-11-7-6-10(3)13(17)8-11/h6-8,12,14,18H,4-5,9H2,1-3H3. The minimum Gasteiger partial charge on any atom is -0.373 e. The van der Waals surface area contributed by atoms with E-state index in [4.69, 9.17) is 0 Å². The number of amides is 2. The maximum Gasteiger partial charge on any atom is 0.252 e. The van der Waals surface area contributed by atoms with Crippen molar-refractivity contribution in [2.24, 2.45) is 0 Å². The highest BCUT2D eigenvalue weighted by Crippen LogP contribution is 2.25. The first kappa shape index (κ1) is 16.0. The maximum atomic E-state index is 12.5. The van der Waals surface area contributed by atoms with Crippen molar-refractivity contribution >= 4 is 33.4 Å². The molecule has 1 unspecified atom stereocenters. The molecule has 2 rings (SSSR count). The zero-order valence-corrected chi connectivity index (χ0v) is 14.2. The maximum absolute atomic E-state index is 12.5. The van der Waals surface area contributed by atoms with Gasteiger partial charge in [0, 0.05) is 16.2 Å². The fraction of sp³-hybridized carbons (Fsp3) is 0.500. The summed E-state index contributed by atoms with van der Waals surface area (Å²) in [4.78, 5) is 26.0. The zero-order chi connectivity index (χ0) is 15.6. The number of nitrogens with zero attached hydrogens (tertiary/aromatic N) is 1. The van der Waals surface area contributed by atoms with Crippen LogP contribution < -0.4 is 5.32 Å². The van der Waals surface area contributed by atoms with Gasteiger partial charge in [0.1, 0.15) is 6.04 Å². The van der Waals surface area contributed by atoms with Crippen molar-refractivity contribution in [3.05, 3.63) is 28.2 Å². The highest BCUT2D eigenvalue weighted by molar-refractivity contribution is 9.10. The van der Waals surface area contributed by atoms with Gasteiger partial charge in [-0.2, -0.15) is 0 Å². The molecule has 1 fully saturated rings. The first-order valence-electron chi connectivity index (χ1n) is 7.36. The van der Waals surface area contributed by atoms with Crippen LogP contribution in [0.2, 0.25) is 0 Å². The molecule has 1 atom stereocenters. The van der Waals surface area contributed by atoms with E-state index in [0.717, 1.165) is 28.6 Å². The van der Waals surface area contributed by atoms with Crippen LogP contribution >= 0.6 is 15.9 Å². The highest BCUT2D eigenvalue weighted by Gasteiger charge is 2.41. The fourth-order valence-electron chi connectivity index (χ4n) is 2.69. The van der Waals surface area contributed by atoms with Crippen LogP contribution in [-0.2, 0) is 9.59 Å². The summed E-state index contributed by atoms with van der Waals surface area (Å²) in [7, 11) is 0. The molecule has 21 heavy (non-hydrogen) atoms. The molecule has 2 amide bonds. The van der Waals surface area contributed by atoms with Gasteiger partial charge in [-0.3, -0.25) is 14.5 Å². The largest absolute Gasteiger partial charge is 0.373 e. The molecule has 1 saturated heterocycles. The highest BCUT2D eigenvalue weighted by atomic mass is 79.9. The van der Waals surface area contributed by atoms with Gasteiger partial charge >= 0.3 is 0 Å². The van der Waals surface area contributed by atoms with Crippen molar-refractivity contribution in [3.8, 4) is 0 Å². The molecule has 114 valence electrons. The molecule has 1 N–H and O–H groups in total. The normalized spacial score (nSPS) is 18.7.